The third kappa shape index (κ3) is 4.65. The molecule has 1 nitrogen and oxygen atoms in total. The number of unbranched alkanes of at least 4 members (excludes halogenated alkanes) is 2. The lowest BCUT2D eigenvalue weighted by Crippen LogP contribution is -2.28. The quantitative estimate of drug-likeness (QED) is 0.621. The van der Waals surface area contributed by atoms with Gasteiger partial charge in [0, 0.05) is 6.54 Å². The van der Waals surface area contributed by atoms with Crippen LogP contribution in [0.2, 0.25) is 0 Å². The summed E-state index contributed by atoms with van der Waals surface area (Å²) in [4.78, 5) is 2.71. The van der Waals surface area contributed by atoms with E-state index >= 15 is 0 Å². The lowest BCUT2D eigenvalue weighted by atomic mass is 10.1. The van der Waals surface area contributed by atoms with Crippen LogP contribution in [-0.4, -0.2) is 24.5 Å². The van der Waals surface area contributed by atoms with Gasteiger partial charge in [0.2, 0.25) is 0 Å². The maximum atomic E-state index is 2.71. The van der Waals surface area contributed by atoms with Crippen molar-refractivity contribution in [1.29, 1.82) is 0 Å². The Labute approximate surface area is 119 Å². The molecule has 1 heteroatoms. The highest BCUT2D eigenvalue weighted by Crippen LogP contribution is 2.47. The topological polar surface area (TPSA) is 3.24 Å². The van der Waals surface area contributed by atoms with Crippen LogP contribution >= 0.6 is 0 Å². The van der Waals surface area contributed by atoms with Gasteiger partial charge in [-0.2, -0.15) is 0 Å². The molecule has 1 aromatic rings. The molecule has 1 aliphatic rings. The second-order valence-corrected chi connectivity index (χ2v) is 6.02. The zero-order valence-electron chi connectivity index (χ0n) is 12.6. The number of benzene rings is 1. The summed E-state index contributed by atoms with van der Waals surface area (Å²) in [6.07, 6.45) is 6.74. The lowest BCUT2D eigenvalue weighted by molar-refractivity contribution is 0.253. The maximum absolute atomic E-state index is 2.71. The molecule has 0 spiro atoms. The van der Waals surface area contributed by atoms with E-state index in [0.29, 0.717) is 0 Å². The number of hydrogen-bond donors (Lipinski definition) is 0. The number of nitrogens with zero attached hydrogens (tertiary/aromatic N) is 1. The van der Waals surface area contributed by atoms with Crippen molar-refractivity contribution in [1.82, 2.24) is 4.90 Å². The highest BCUT2D eigenvalue weighted by atomic mass is 15.1. The van der Waals surface area contributed by atoms with Gasteiger partial charge in [0.25, 0.3) is 0 Å². The molecule has 106 valence electrons. The van der Waals surface area contributed by atoms with Gasteiger partial charge in [-0.1, -0.05) is 57.0 Å². The molecule has 0 N–H and O–H groups in total. The van der Waals surface area contributed by atoms with Gasteiger partial charge in [0.05, 0.1) is 0 Å². The molecule has 0 unspecified atom stereocenters. The van der Waals surface area contributed by atoms with Crippen LogP contribution in [0, 0.1) is 5.92 Å². The van der Waals surface area contributed by atoms with Crippen LogP contribution in [0.3, 0.4) is 0 Å². The van der Waals surface area contributed by atoms with Crippen LogP contribution in [0.15, 0.2) is 30.3 Å². The van der Waals surface area contributed by atoms with Gasteiger partial charge in [-0.25, -0.2) is 0 Å². The van der Waals surface area contributed by atoms with E-state index < -0.39 is 0 Å². The summed E-state index contributed by atoms with van der Waals surface area (Å²) in [6, 6.07) is 11.1. The molecule has 1 fully saturated rings. The van der Waals surface area contributed by atoms with Gasteiger partial charge in [0.15, 0.2) is 0 Å². The summed E-state index contributed by atoms with van der Waals surface area (Å²) in [6.45, 7) is 8.51. The summed E-state index contributed by atoms with van der Waals surface area (Å²) in [5.41, 5.74) is 1.55. The van der Waals surface area contributed by atoms with Crippen molar-refractivity contribution < 1.29 is 0 Å². The van der Waals surface area contributed by atoms with E-state index in [-0.39, 0.29) is 0 Å². The molecule has 0 heterocycles. The Balaban J connectivity index is 1.79. The number of rotatable bonds is 9. The second kappa shape index (κ2) is 7.69. The van der Waals surface area contributed by atoms with Crippen molar-refractivity contribution in [2.75, 3.05) is 19.6 Å². The molecule has 0 amide bonds. The van der Waals surface area contributed by atoms with E-state index in [4.69, 9.17) is 0 Å². The van der Waals surface area contributed by atoms with E-state index in [9.17, 15) is 0 Å². The van der Waals surface area contributed by atoms with Crippen molar-refractivity contribution in [3.05, 3.63) is 35.9 Å². The molecule has 1 aliphatic carbocycles. The smallest absolute Gasteiger partial charge is 0.00157 e. The van der Waals surface area contributed by atoms with Gasteiger partial charge in [0.1, 0.15) is 0 Å². The lowest BCUT2D eigenvalue weighted by Gasteiger charge is -2.22. The summed E-state index contributed by atoms with van der Waals surface area (Å²) >= 11 is 0. The molecule has 0 bridgehead atoms. The summed E-state index contributed by atoms with van der Waals surface area (Å²) in [7, 11) is 0. The Hall–Kier alpha value is -0.820. The fourth-order valence-corrected chi connectivity index (χ4v) is 2.95. The monoisotopic (exact) mass is 259 g/mol. The van der Waals surface area contributed by atoms with Gasteiger partial charge in [-0.3, -0.25) is 0 Å². The molecule has 2 atom stereocenters. The Morgan fingerprint density at radius 1 is 1.00 bits per heavy atom. The molecular formula is C18H29N. The highest BCUT2D eigenvalue weighted by molar-refractivity contribution is 5.25. The zero-order valence-corrected chi connectivity index (χ0v) is 12.6. The van der Waals surface area contributed by atoms with E-state index in [1.54, 1.807) is 5.56 Å². The van der Waals surface area contributed by atoms with Crippen molar-refractivity contribution in [3.8, 4) is 0 Å². The molecule has 0 aromatic heterocycles. The molecule has 1 aromatic carbocycles. The predicted octanol–water partition coefficient (Wildman–Crippen LogP) is 4.69. The fourth-order valence-electron chi connectivity index (χ4n) is 2.95. The summed E-state index contributed by atoms with van der Waals surface area (Å²) in [5, 5.41) is 0. The fraction of sp³-hybridized carbons (Fsp3) is 0.667. The maximum Gasteiger partial charge on any atom is 0.00157 e. The minimum absolute atomic E-state index is 0.840. The zero-order chi connectivity index (χ0) is 13.5. The first-order valence-corrected chi connectivity index (χ1v) is 8.12. The Kier molecular flexibility index (Phi) is 5.91. The second-order valence-electron chi connectivity index (χ2n) is 6.02. The van der Waals surface area contributed by atoms with Gasteiger partial charge in [-0.15, -0.1) is 0 Å². The Morgan fingerprint density at radius 3 is 2.21 bits per heavy atom. The van der Waals surface area contributed by atoms with E-state index in [2.05, 4.69) is 49.1 Å². The first-order chi connectivity index (χ1) is 9.35. The van der Waals surface area contributed by atoms with Crippen molar-refractivity contribution >= 4 is 0 Å². The predicted molar refractivity (Wildman–Crippen MR) is 83.5 cm³/mol. The average Bonchev–Trinajstić information content (AvgIpc) is 3.22. The third-order valence-corrected chi connectivity index (χ3v) is 4.30. The van der Waals surface area contributed by atoms with E-state index in [1.807, 2.05) is 0 Å². The van der Waals surface area contributed by atoms with Crippen molar-refractivity contribution in [3.63, 3.8) is 0 Å². The normalized spacial score (nSPS) is 21.8. The van der Waals surface area contributed by atoms with Crippen LogP contribution < -0.4 is 0 Å². The average molecular weight is 259 g/mol. The Bertz CT molecular complexity index is 338. The molecule has 19 heavy (non-hydrogen) atoms. The van der Waals surface area contributed by atoms with Gasteiger partial charge < -0.3 is 4.90 Å². The van der Waals surface area contributed by atoms with Crippen molar-refractivity contribution in [2.45, 2.75) is 51.9 Å². The van der Waals surface area contributed by atoms with Crippen LogP contribution in [0.1, 0.15) is 57.4 Å². The van der Waals surface area contributed by atoms with E-state index in [0.717, 1.165) is 11.8 Å². The number of hydrogen-bond acceptors (Lipinski definition) is 1. The molecule has 2 rings (SSSR count). The highest BCUT2D eigenvalue weighted by Gasteiger charge is 2.38. The molecule has 0 radical (unpaired) electrons. The molecule has 0 aliphatic heterocycles. The van der Waals surface area contributed by atoms with Crippen LogP contribution in [0.4, 0.5) is 0 Å². The van der Waals surface area contributed by atoms with Gasteiger partial charge in [-0.05, 0) is 49.8 Å². The minimum Gasteiger partial charge on any atom is -0.303 e. The van der Waals surface area contributed by atoms with Crippen LogP contribution in [-0.2, 0) is 0 Å². The standard InChI is InChI=1S/C18H29N/c1-3-5-12-19(13-6-4-2)15-17-14-18(17)16-10-8-7-9-11-16/h7-11,17-18H,3-6,12-15H2,1-2H3/t17-,18-/m0/s1. The largest absolute Gasteiger partial charge is 0.303 e. The van der Waals surface area contributed by atoms with Crippen LogP contribution in [0.5, 0.6) is 0 Å². The summed E-state index contributed by atoms with van der Waals surface area (Å²) in [5.74, 6) is 1.75. The Morgan fingerprint density at radius 2 is 1.63 bits per heavy atom. The molecule has 1 saturated carbocycles. The van der Waals surface area contributed by atoms with Crippen LogP contribution in [0.25, 0.3) is 0 Å². The van der Waals surface area contributed by atoms with Crippen molar-refractivity contribution in [2.24, 2.45) is 5.92 Å². The van der Waals surface area contributed by atoms with Gasteiger partial charge >= 0.3 is 0 Å². The summed E-state index contributed by atoms with van der Waals surface area (Å²) < 4.78 is 0. The first kappa shape index (κ1) is 14.6. The molecular weight excluding hydrogens is 230 g/mol. The minimum atomic E-state index is 0.840. The molecule has 0 saturated heterocycles. The first-order valence-electron chi connectivity index (χ1n) is 8.12. The third-order valence-electron chi connectivity index (χ3n) is 4.30. The SMILES string of the molecule is CCCCN(CCCC)C[C@@H]1C[C@H]1c1ccccc1. The van der Waals surface area contributed by atoms with E-state index in [1.165, 1.54) is 51.7 Å².